The standard InChI is InChI=1S/C12H17NO4S/c1-9(12(15)16)11(14)13(5-6-17-2)8-10-4-3-7-18-10/h3-4,7,9H,5-6,8H2,1-2H3,(H,15,16). The van der Waals surface area contributed by atoms with Crippen molar-refractivity contribution < 1.29 is 19.4 Å². The van der Waals surface area contributed by atoms with Crippen LogP contribution in [0.5, 0.6) is 0 Å². The lowest BCUT2D eigenvalue weighted by atomic mass is 10.1. The van der Waals surface area contributed by atoms with Gasteiger partial charge in [-0.25, -0.2) is 0 Å². The highest BCUT2D eigenvalue weighted by Crippen LogP contribution is 2.14. The molecular formula is C12H17NO4S. The first-order valence-electron chi connectivity index (χ1n) is 5.59. The lowest BCUT2D eigenvalue weighted by Crippen LogP contribution is -2.39. The Hall–Kier alpha value is -1.40. The third-order valence-corrected chi connectivity index (χ3v) is 3.41. The van der Waals surface area contributed by atoms with Crippen LogP contribution >= 0.6 is 11.3 Å². The molecule has 1 aromatic heterocycles. The number of methoxy groups -OCH3 is 1. The van der Waals surface area contributed by atoms with Gasteiger partial charge < -0.3 is 14.7 Å². The second kappa shape index (κ2) is 7.13. The average molecular weight is 271 g/mol. The maximum Gasteiger partial charge on any atom is 0.315 e. The minimum Gasteiger partial charge on any atom is -0.481 e. The Kier molecular flexibility index (Phi) is 5.80. The van der Waals surface area contributed by atoms with Crippen LogP contribution in [0.3, 0.4) is 0 Å². The highest BCUT2D eigenvalue weighted by molar-refractivity contribution is 7.09. The van der Waals surface area contributed by atoms with Crippen molar-refractivity contribution >= 4 is 23.2 Å². The maximum atomic E-state index is 12.0. The molecule has 0 aliphatic heterocycles. The predicted octanol–water partition coefficient (Wildman–Crippen LogP) is 1.44. The number of hydrogen-bond acceptors (Lipinski definition) is 4. The fraction of sp³-hybridized carbons (Fsp3) is 0.500. The van der Waals surface area contributed by atoms with Crippen LogP contribution in [0.2, 0.25) is 0 Å². The lowest BCUT2D eigenvalue weighted by Gasteiger charge is -2.23. The number of hydrogen-bond donors (Lipinski definition) is 1. The molecule has 1 N–H and O–H groups in total. The van der Waals surface area contributed by atoms with E-state index in [-0.39, 0.29) is 5.91 Å². The van der Waals surface area contributed by atoms with Gasteiger partial charge in [-0.1, -0.05) is 6.07 Å². The summed E-state index contributed by atoms with van der Waals surface area (Å²) in [6.07, 6.45) is 0. The van der Waals surface area contributed by atoms with Crippen LogP contribution in [0.4, 0.5) is 0 Å². The Morgan fingerprint density at radius 1 is 1.56 bits per heavy atom. The second-order valence-electron chi connectivity index (χ2n) is 3.89. The zero-order chi connectivity index (χ0) is 13.5. The quantitative estimate of drug-likeness (QED) is 0.762. The molecule has 0 spiro atoms. The Bertz CT molecular complexity index is 391. The minimum absolute atomic E-state index is 0.382. The van der Waals surface area contributed by atoms with Gasteiger partial charge in [-0.3, -0.25) is 9.59 Å². The van der Waals surface area contributed by atoms with E-state index in [4.69, 9.17) is 9.84 Å². The average Bonchev–Trinajstić information content (AvgIpc) is 2.85. The number of ether oxygens (including phenoxy) is 1. The van der Waals surface area contributed by atoms with E-state index in [0.29, 0.717) is 19.7 Å². The van der Waals surface area contributed by atoms with Gasteiger partial charge in [-0.15, -0.1) is 11.3 Å². The van der Waals surface area contributed by atoms with Gasteiger partial charge in [0.2, 0.25) is 5.91 Å². The van der Waals surface area contributed by atoms with Gasteiger partial charge in [0, 0.05) is 18.5 Å². The molecule has 1 unspecified atom stereocenters. The maximum absolute atomic E-state index is 12.0. The number of aliphatic carboxylic acids is 1. The van der Waals surface area contributed by atoms with Crippen molar-refractivity contribution in [2.24, 2.45) is 5.92 Å². The zero-order valence-corrected chi connectivity index (χ0v) is 11.3. The Morgan fingerprint density at radius 2 is 2.28 bits per heavy atom. The number of rotatable bonds is 7. The van der Waals surface area contributed by atoms with Gasteiger partial charge in [0.05, 0.1) is 13.2 Å². The molecule has 0 aliphatic rings. The third-order valence-electron chi connectivity index (χ3n) is 2.54. The van der Waals surface area contributed by atoms with Crippen LogP contribution in [0.1, 0.15) is 11.8 Å². The van der Waals surface area contributed by atoms with Crippen LogP contribution in [-0.2, 0) is 20.9 Å². The van der Waals surface area contributed by atoms with Crippen molar-refractivity contribution in [1.82, 2.24) is 4.90 Å². The van der Waals surface area contributed by atoms with Crippen LogP contribution in [0.25, 0.3) is 0 Å². The third kappa shape index (κ3) is 4.12. The Labute approximate surface area is 110 Å². The molecule has 5 nitrogen and oxygen atoms in total. The molecule has 0 saturated heterocycles. The Morgan fingerprint density at radius 3 is 2.78 bits per heavy atom. The highest BCUT2D eigenvalue weighted by atomic mass is 32.1. The van der Waals surface area contributed by atoms with Crippen molar-refractivity contribution in [1.29, 1.82) is 0 Å². The van der Waals surface area contributed by atoms with Gasteiger partial charge >= 0.3 is 5.97 Å². The second-order valence-corrected chi connectivity index (χ2v) is 4.92. The SMILES string of the molecule is COCCN(Cc1cccs1)C(=O)C(C)C(=O)O. The molecule has 0 aliphatic carbocycles. The summed E-state index contributed by atoms with van der Waals surface area (Å²) >= 11 is 1.54. The van der Waals surface area contributed by atoms with Crippen molar-refractivity contribution in [2.75, 3.05) is 20.3 Å². The summed E-state index contributed by atoms with van der Waals surface area (Å²) in [5.74, 6) is -2.51. The molecule has 0 aromatic carbocycles. The summed E-state index contributed by atoms with van der Waals surface area (Å²) in [6, 6.07) is 3.82. The van der Waals surface area contributed by atoms with Crippen molar-refractivity contribution in [2.45, 2.75) is 13.5 Å². The van der Waals surface area contributed by atoms with Gasteiger partial charge in [-0.05, 0) is 18.4 Å². The fourth-order valence-corrected chi connectivity index (χ4v) is 2.16. The molecule has 0 fully saturated rings. The van der Waals surface area contributed by atoms with E-state index in [1.54, 1.807) is 18.4 Å². The monoisotopic (exact) mass is 271 g/mol. The predicted molar refractivity (Wildman–Crippen MR) is 68.4 cm³/mol. The van der Waals surface area contributed by atoms with Crippen LogP contribution in [0, 0.1) is 5.92 Å². The first-order chi connectivity index (χ1) is 8.56. The van der Waals surface area contributed by atoms with Crippen molar-refractivity contribution in [3.63, 3.8) is 0 Å². The lowest BCUT2D eigenvalue weighted by molar-refractivity contribution is -0.150. The molecule has 1 amide bonds. The number of carboxylic acids is 1. The van der Waals surface area contributed by atoms with E-state index >= 15 is 0 Å². The summed E-state index contributed by atoms with van der Waals surface area (Å²) < 4.78 is 4.94. The number of carbonyl (C=O) groups is 2. The Balaban J connectivity index is 2.70. The van der Waals surface area contributed by atoms with Gasteiger partial charge in [0.1, 0.15) is 5.92 Å². The molecule has 1 atom stereocenters. The fourth-order valence-electron chi connectivity index (χ4n) is 1.44. The molecule has 0 bridgehead atoms. The van der Waals surface area contributed by atoms with Gasteiger partial charge in [0.25, 0.3) is 0 Å². The molecule has 1 aromatic rings. The van der Waals surface area contributed by atoms with Gasteiger partial charge in [0.15, 0.2) is 0 Å². The summed E-state index contributed by atoms with van der Waals surface area (Å²) in [5.41, 5.74) is 0. The summed E-state index contributed by atoms with van der Waals surface area (Å²) in [6.45, 7) is 2.62. The molecule has 0 radical (unpaired) electrons. The minimum atomic E-state index is -1.10. The smallest absolute Gasteiger partial charge is 0.315 e. The summed E-state index contributed by atoms with van der Waals surface area (Å²) in [5, 5.41) is 10.8. The number of carboxylic acid groups (broad SMARTS) is 1. The van der Waals surface area contributed by atoms with Crippen molar-refractivity contribution in [3.05, 3.63) is 22.4 Å². The molecule has 18 heavy (non-hydrogen) atoms. The first-order valence-corrected chi connectivity index (χ1v) is 6.47. The van der Waals surface area contributed by atoms with Crippen molar-refractivity contribution in [3.8, 4) is 0 Å². The summed E-state index contributed by atoms with van der Waals surface area (Å²) in [7, 11) is 1.55. The van der Waals surface area contributed by atoms with Crippen LogP contribution < -0.4 is 0 Å². The zero-order valence-electron chi connectivity index (χ0n) is 10.5. The first kappa shape index (κ1) is 14.7. The summed E-state index contributed by atoms with van der Waals surface area (Å²) in [4.78, 5) is 25.4. The van der Waals surface area contributed by atoms with Crippen LogP contribution in [-0.4, -0.2) is 42.1 Å². The van der Waals surface area contributed by atoms with E-state index in [1.165, 1.54) is 11.8 Å². The van der Waals surface area contributed by atoms with E-state index in [9.17, 15) is 9.59 Å². The molecule has 1 rings (SSSR count). The number of thiophene rings is 1. The van der Waals surface area contributed by atoms with Gasteiger partial charge in [-0.2, -0.15) is 0 Å². The van der Waals surface area contributed by atoms with Crippen LogP contribution in [0.15, 0.2) is 17.5 Å². The molecule has 0 saturated carbocycles. The molecule has 1 heterocycles. The van der Waals surface area contributed by atoms with E-state index in [0.717, 1.165) is 4.88 Å². The normalized spacial score (nSPS) is 12.1. The number of carbonyl (C=O) groups excluding carboxylic acids is 1. The molecule has 100 valence electrons. The number of nitrogens with zero attached hydrogens (tertiary/aromatic N) is 1. The highest BCUT2D eigenvalue weighted by Gasteiger charge is 2.26. The van der Waals surface area contributed by atoms with E-state index in [1.807, 2.05) is 17.5 Å². The number of amides is 1. The largest absolute Gasteiger partial charge is 0.481 e. The molecular weight excluding hydrogens is 254 g/mol. The molecule has 6 heteroatoms. The topological polar surface area (TPSA) is 66.8 Å². The van der Waals surface area contributed by atoms with E-state index < -0.39 is 11.9 Å². The van der Waals surface area contributed by atoms with E-state index in [2.05, 4.69) is 0 Å².